The van der Waals surface area contributed by atoms with E-state index in [1.54, 1.807) is 13.0 Å². The fourth-order valence-electron chi connectivity index (χ4n) is 1.27. The van der Waals surface area contributed by atoms with Crippen molar-refractivity contribution in [1.29, 1.82) is 0 Å². The lowest BCUT2D eigenvalue weighted by atomic mass is 10.1. The van der Waals surface area contributed by atoms with Crippen molar-refractivity contribution in [3.63, 3.8) is 0 Å². The van der Waals surface area contributed by atoms with E-state index in [0.717, 1.165) is 5.56 Å². The molecule has 0 radical (unpaired) electrons. The summed E-state index contributed by atoms with van der Waals surface area (Å²) in [7, 11) is 0. The van der Waals surface area contributed by atoms with Crippen LogP contribution in [0.3, 0.4) is 0 Å². The van der Waals surface area contributed by atoms with Crippen molar-refractivity contribution in [2.45, 2.75) is 19.1 Å². The second-order valence-electron chi connectivity index (χ2n) is 3.54. The Morgan fingerprint density at radius 2 is 2.12 bits per heavy atom. The summed E-state index contributed by atoms with van der Waals surface area (Å²) in [5.41, 5.74) is 6.47. The summed E-state index contributed by atoms with van der Waals surface area (Å²) in [5.74, 6) is -0.599. The van der Waals surface area contributed by atoms with Crippen molar-refractivity contribution in [3.05, 3.63) is 42.0 Å². The third kappa shape index (κ3) is 4.38. The Hall–Kier alpha value is -1.65. The van der Waals surface area contributed by atoms with Gasteiger partial charge in [0.05, 0.1) is 12.7 Å². The lowest BCUT2D eigenvalue weighted by Gasteiger charge is -2.13. The fourth-order valence-corrected chi connectivity index (χ4v) is 1.27. The van der Waals surface area contributed by atoms with E-state index in [1.165, 1.54) is 6.08 Å². The van der Waals surface area contributed by atoms with E-state index in [0.29, 0.717) is 0 Å². The molecule has 0 amide bonds. The first-order valence-electron chi connectivity index (χ1n) is 5.48. The predicted octanol–water partition coefficient (Wildman–Crippen LogP) is 0.951. The van der Waals surface area contributed by atoms with Crippen molar-refractivity contribution >= 4 is 12.0 Å². The van der Waals surface area contributed by atoms with Crippen molar-refractivity contribution in [2.75, 3.05) is 6.61 Å². The Bertz CT molecular complexity index is 376. The van der Waals surface area contributed by atoms with Crippen LogP contribution in [0.4, 0.5) is 0 Å². The van der Waals surface area contributed by atoms with E-state index in [1.807, 2.05) is 30.3 Å². The van der Waals surface area contributed by atoms with Crippen LogP contribution in [0.5, 0.6) is 0 Å². The monoisotopic (exact) mass is 235 g/mol. The molecule has 0 aliphatic heterocycles. The van der Waals surface area contributed by atoms with Gasteiger partial charge < -0.3 is 15.6 Å². The number of carbonyl (C=O) groups is 1. The van der Waals surface area contributed by atoms with Crippen LogP contribution in [0.1, 0.15) is 12.5 Å². The molecule has 0 bridgehead atoms. The van der Waals surface area contributed by atoms with Crippen LogP contribution in [-0.2, 0) is 9.53 Å². The first-order chi connectivity index (χ1) is 8.15. The number of esters is 1. The lowest BCUT2D eigenvalue weighted by molar-refractivity contribution is -0.146. The smallest absolute Gasteiger partial charge is 0.325 e. The molecule has 0 fully saturated rings. The number of aliphatic hydroxyl groups is 1. The minimum absolute atomic E-state index is 0.252. The van der Waals surface area contributed by atoms with E-state index in [9.17, 15) is 9.90 Å². The molecule has 0 aliphatic carbocycles. The molecule has 1 aromatic carbocycles. The Kier molecular flexibility index (Phi) is 5.39. The summed E-state index contributed by atoms with van der Waals surface area (Å²) in [6.45, 7) is 1.94. The highest BCUT2D eigenvalue weighted by Crippen LogP contribution is 2.04. The molecule has 92 valence electrons. The van der Waals surface area contributed by atoms with Gasteiger partial charge in [-0.15, -0.1) is 0 Å². The molecule has 0 spiro atoms. The van der Waals surface area contributed by atoms with Gasteiger partial charge in [0.25, 0.3) is 0 Å². The van der Waals surface area contributed by atoms with Gasteiger partial charge in [-0.25, -0.2) is 0 Å². The van der Waals surface area contributed by atoms with Gasteiger partial charge in [0.15, 0.2) is 0 Å². The number of ether oxygens (including phenoxy) is 1. The standard InChI is InChI=1S/C13H17NO3/c1-2-17-13(16)12(14)11(15)9-8-10-6-4-3-5-7-10/h3-9,11-12,15H,2,14H2,1H3/b9-8+/t11-,12-/m0/s1. The summed E-state index contributed by atoms with van der Waals surface area (Å²) in [6, 6.07) is 8.40. The minimum atomic E-state index is -1.05. The van der Waals surface area contributed by atoms with Crippen LogP contribution >= 0.6 is 0 Å². The van der Waals surface area contributed by atoms with Gasteiger partial charge in [-0.2, -0.15) is 0 Å². The van der Waals surface area contributed by atoms with Crippen LogP contribution in [0.15, 0.2) is 36.4 Å². The molecule has 1 rings (SSSR count). The van der Waals surface area contributed by atoms with Crippen molar-refractivity contribution < 1.29 is 14.6 Å². The van der Waals surface area contributed by atoms with Crippen LogP contribution in [0, 0.1) is 0 Å². The van der Waals surface area contributed by atoms with Crippen LogP contribution in [0.2, 0.25) is 0 Å². The molecule has 4 heteroatoms. The summed E-state index contributed by atoms with van der Waals surface area (Å²) >= 11 is 0. The molecule has 3 N–H and O–H groups in total. The van der Waals surface area contributed by atoms with Crippen molar-refractivity contribution in [3.8, 4) is 0 Å². The molecule has 2 atom stereocenters. The second kappa shape index (κ2) is 6.83. The summed E-state index contributed by atoms with van der Waals surface area (Å²) < 4.78 is 4.72. The van der Waals surface area contributed by atoms with E-state index in [-0.39, 0.29) is 6.61 Å². The Labute approximate surface area is 101 Å². The van der Waals surface area contributed by atoms with Gasteiger partial charge in [-0.05, 0) is 12.5 Å². The highest BCUT2D eigenvalue weighted by atomic mass is 16.5. The summed E-state index contributed by atoms with van der Waals surface area (Å²) in [4.78, 5) is 11.3. The maximum absolute atomic E-state index is 11.3. The summed E-state index contributed by atoms with van der Waals surface area (Å²) in [5, 5.41) is 9.66. The molecule has 0 saturated heterocycles. The third-order valence-electron chi connectivity index (χ3n) is 2.21. The van der Waals surface area contributed by atoms with Crippen molar-refractivity contribution in [1.82, 2.24) is 0 Å². The number of nitrogens with two attached hydrogens (primary N) is 1. The zero-order chi connectivity index (χ0) is 12.7. The molecule has 0 aromatic heterocycles. The molecule has 17 heavy (non-hydrogen) atoms. The zero-order valence-corrected chi connectivity index (χ0v) is 9.74. The first-order valence-corrected chi connectivity index (χ1v) is 5.48. The highest BCUT2D eigenvalue weighted by Gasteiger charge is 2.21. The second-order valence-corrected chi connectivity index (χ2v) is 3.54. The Morgan fingerprint density at radius 3 is 2.71 bits per heavy atom. The Balaban J connectivity index is 2.57. The van der Waals surface area contributed by atoms with Gasteiger partial charge in [0.1, 0.15) is 6.04 Å². The molecule has 4 nitrogen and oxygen atoms in total. The van der Waals surface area contributed by atoms with Crippen LogP contribution in [-0.4, -0.2) is 29.8 Å². The molecule has 0 unspecified atom stereocenters. The summed E-state index contributed by atoms with van der Waals surface area (Å²) in [6.07, 6.45) is 2.15. The van der Waals surface area contributed by atoms with Gasteiger partial charge in [-0.1, -0.05) is 42.5 Å². The third-order valence-corrected chi connectivity index (χ3v) is 2.21. The average Bonchev–Trinajstić information content (AvgIpc) is 2.36. The minimum Gasteiger partial charge on any atom is -0.465 e. The van der Waals surface area contributed by atoms with Gasteiger partial charge in [0.2, 0.25) is 0 Å². The van der Waals surface area contributed by atoms with E-state index < -0.39 is 18.1 Å². The van der Waals surface area contributed by atoms with Gasteiger partial charge in [-0.3, -0.25) is 4.79 Å². The number of carbonyl (C=O) groups excluding carboxylic acids is 1. The number of rotatable bonds is 5. The zero-order valence-electron chi connectivity index (χ0n) is 9.74. The number of hydrogen-bond acceptors (Lipinski definition) is 4. The lowest BCUT2D eigenvalue weighted by Crippen LogP contribution is -2.42. The van der Waals surface area contributed by atoms with Crippen molar-refractivity contribution in [2.24, 2.45) is 5.73 Å². The first kappa shape index (κ1) is 13.4. The molecule has 0 heterocycles. The van der Waals surface area contributed by atoms with E-state index >= 15 is 0 Å². The number of benzene rings is 1. The number of aliphatic hydroxyl groups excluding tert-OH is 1. The maximum Gasteiger partial charge on any atom is 0.325 e. The molecule has 0 saturated carbocycles. The van der Waals surface area contributed by atoms with E-state index in [2.05, 4.69) is 0 Å². The molecule has 0 aliphatic rings. The normalized spacial score (nSPS) is 14.5. The fraction of sp³-hybridized carbons (Fsp3) is 0.308. The topological polar surface area (TPSA) is 72.5 Å². The van der Waals surface area contributed by atoms with Gasteiger partial charge >= 0.3 is 5.97 Å². The predicted molar refractivity (Wildman–Crippen MR) is 66.1 cm³/mol. The molecular formula is C13H17NO3. The van der Waals surface area contributed by atoms with Crippen LogP contribution in [0.25, 0.3) is 6.08 Å². The molecule has 1 aromatic rings. The quantitative estimate of drug-likeness (QED) is 0.745. The number of hydrogen-bond donors (Lipinski definition) is 2. The highest BCUT2D eigenvalue weighted by molar-refractivity contribution is 5.76. The Morgan fingerprint density at radius 1 is 1.47 bits per heavy atom. The van der Waals surface area contributed by atoms with Crippen LogP contribution < -0.4 is 5.73 Å². The largest absolute Gasteiger partial charge is 0.465 e. The van der Waals surface area contributed by atoms with E-state index in [4.69, 9.17) is 10.5 Å². The van der Waals surface area contributed by atoms with Gasteiger partial charge in [0, 0.05) is 0 Å². The maximum atomic E-state index is 11.3. The SMILES string of the molecule is CCOC(=O)[C@@H](N)[C@@H](O)/C=C/c1ccccc1. The average molecular weight is 235 g/mol. The molecular weight excluding hydrogens is 218 g/mol.